The first kappa shape index (κ1) is 11.0. The van der Waals surface area contributed by atoms with Gasteiger partial charge in [0.1, 0.15) is 11.0 Å². The molecule has 0 atom stereocenters. The molecule has 0 aliphatic rings. The molecule has 1 aromatic carbocycles. The van der Waals surface area contributed by atoms with E-state index in [9.17, 15) is 0 Å². The van der Waals surface area contributed by atoms with E-state index < -0.39 is 0 Å². The summed E-state index contributed by atoms with van der Waals surface area (Å²) >= 11 is 11.5. The van der Waals surface area contributed by atoms with Crippen LogP contribution in [-0.2, 0) is 0 Å². The second-order valence-corrected chi connectivity index (χ2v) is 3.89. The first-order valence-electron chi connectivity index (χ1n) is 4.46. The molecule has 0 bridgehead atoms. The first-order chi connectivity index (χ1) is 7.63. The van der Waals surface area contributed by atoms with Crippen molar-refractivity contribution in [2.75, 3.05) is 11.1 Å². The summed E-state index contributed by atoms with van der Waals surface area (Å²) in [7, 11) is 0. The summed E-state index contributed by atoms with van der Waals surface area (Å²) in [5, 5.41) is 4.01. The summed E-state index contributed by atoms with van der Waals surface area (Å²) in [6.07, 6.45) is 0. The molecule has 1 heterocycles. The van der Waals surface area contributed by atoms with E-state index in [0.717, 1.165) is 5.69 Å². The topological polar surface area (TPSA) is 63.8 Å². The zero-order chi connectivity index (χ0) is 11.5. The van der Waals surface area contributed by atoms with E-state index in [0.29, 0.717) is 16.0 Å². The molecular weight excluding hydrogens is 247 g/mol. The fourth-order valence-corrected chi connectivity index (χ4v) is 1.50. The van der Waals surface area contributed by atoms with Crippen LogP contribution < -0.4 is 11.1 Å². The normalized spacial score (nSPS) is 10.1. The number of halogens is 2. The number of hydrogen-bond donors (Lipinski definition) is 2. The van der Waals surface area contributed by atoms with Crippen molar-refractivity contribution in [1.29, 1.82) is 0 Å². The molecule has 82 valence electrons. The number of nitrogens with two attached hydrogens (primary N) is 1. The van der Waals surface area contributed by atoms with Gasteiger partial charge in [-0.1, -0.05) is 23.2 Å². The van der Waals surface area contributed by atoms with Crippen LogP contribution in [0.5, 0.6) is 0 Å². The van der Waals surface area contributed by atoms with Gasteiger partial charge in [0.2, 0.25) is 5.95 Å². The van der Waals surface area contributed by atoms with Gasteiger partial charge in [-0.15, -0.1) is 0 Å². The Morgan fingerprint density at radius 1 is 1.06 bits per heavy atom. The molecular formula is C10H8Cl2N4. The molecule has 0 saturated heterocycles. The van der Waals surface area contributed by atoms with Gasteiger partial charge in [0.05, 0.1) is 0 Å². The van der Waals surface area contributed by atoms with Gasteiger partial charge in [0, 0.05) is 16.8 Å². The average molecular weight is 255 g/mol. The fourth-order valence-electron chi connectivity index (χ4n) is 1.18. The minimum atomic E-state index is 0.129. The van der Waals surface area contributed by atoms with Gasteiger partial charge in [-0.2, -0.15) is 4.98 Å². The Morgan fingerprint density at radius 3 is 2.38 bits per heavy atom. The van der Waals surface area contributed by atoms with Gasteiger partial charge in [0.25, 0.3) is 0 Å². The quantitative estimate of drug-likeness (QED) is 0.809. The number of nitrogens with one attached hydrogen (secondary N) is 1. The van der Waals surface area contributed by atoms with E-state index in [-0.39, 0.29) is 5.95 Å². The fraction of sp³-hybridized carbons (Fsp3) is 0. The maximum atomic E-state index is 5.77. The van der Waals surface area contributed by atoms with Crippen molar-refractivity contribution in [2.24, 2.45) is 0 Å². The molecule has 2 aromatic rings. The van der Waals surface area contributed by atoms with Gasteiger partial charge in [-0.25, -0.2) is 4.98 Å². The summed E-state index contributed by atoms with van der Waals surface area (Å²) in [4.78, 5) is 7.75. The molecule has 6 heteroatoms. The molecule has 0 amide bonds. The Kier molecular flexibility index (Phi) is 3.12. The van der Waals surface area contributed by atoms with E-state index in [2.05, 4.69) is 15.3 Å². The maximum Gasteiger partial charge on any atom is 0.223 e. The molecule has 16 heavy (non-hydrogen) atoms. The highest BCUT2D eigenvalue weighted by molar-refractivity contribution is 6.30. The predicted octanol–water partition coefficient (Wildman–Crippen LogP) is 3.11. The summed E-state index contributed by atoms with van der Waals surface area (Å²) in [6, 6.07) is 8.79. The third kappa shape index (κ3) is 2.74. The van der Waals surface area contributed by atoms with Crippen molar-refractivity contribution in [3.63, 3.8) is 0 Å². The minimum absolute atomic E-state index is 0.129. The Labute approximate surface area is 102 Å². The molecule has 0 radical (unpaired) electrons. The zero-order valence-corrected chi connectivity index (χ0v) is 9.63. The van der Waals surface area contributed by atoms with Crippen LogP contribution in [-0.4, -0.2) is 9.97 Å². The molecule has 0 fully saturated rings. The number of benzene rings is 1. The van der Waals surface area contributed by atoms with Crippen LogP contribution in [0.25, 0.3) is 0 Å². The zero-order valence-electron chi connectivity index (χ0n) is 8.11. The number of hydrogen-bond acceptors (Lipinski definition) is 4. The Balaban J connectivity index is 2.23. The van der Waals surface area contributed by atoms with Crippen molar-refractivity contribution in [1.82, 2.24) is 9.97 Å². The Hall–Kier alpha value is -1.52. The smallest absolute Gasteiger partial charge is 0.223 e. The number of anilines is 3. The highest BCUT2D eigenvalue weighted by atomic mass is 35.5. The Morgan fingerprint density at radius 2 is 1.75 bits per heavy atom. The molecule has 0 saturated carbocycles. The van der Waals surface area contributed by atoms with Crippen LogP contribution in [0, 0.1) is 0 Å². The van der Waals surface area contributed by atoms with Crippen LogP contribution >= 0.6 is 23.2 Å². The standard InChI is InChI=1S/C10H8Cl2N4/c11-6-1-3-7(4-2-6)14-9-5-8(12)15-10(13)16-9/h1-5H,(H3,13,14,15,16). The molecule has 3 N–H and O–H groups in total. The lowest BCUT2D eigenvalue weighted by atomic mass is 10.3. The van der Waals surface area contributed by atoms with Crippen LogP contribution in [0.2, 0.25) is 10.2 Å². The number of rotatable bonds is 2. The van der Waals surface area contributed by atoms with Crippen molar-refractivity contribution >= 4 is 40.7 Å². The lowest BCUT2D eigenvalue weighted by Crippen LogP contribution is -1.99. The van der Waals surface area contributed by atoms with E-state index in [1.165, 1.54) is 0 Å². The lowest BCUT2D eigenvalue weighted by Gasteiger charge is -2.06. The van der Waals surface area contributed by atoms with Gasteiger partial charge < -0.3 is 11.1 Å². The van der Waals surface area contributed by atoms with Crippen molar-refractivity contribution in [2.45, 2.75) is 0 Å². The molecule has 2 rings (SSSR count). The molecule has 0 unspecified atom stereocenters. The number of aromatic nitrogens is 2. The van der Waals surface area contributed by atoms with E-state index in [1.54, 1.807) is 18.2 Å². The highest BCUT2D eigenvalue weighted by Crippen LogP contribution is 2.19. The molecule has 0 aliphatic heterocycles. The number of nitrogens with zero attached hydrogens (tertiary/aromatic N) is 2. The lowest BCUT2D eigenvalue weighted by molar-refractivity contribution is 1.18. The number of nitrogen functional groups attached to an aromatic ring is 1. The second-order valence-electron chi connectivity index (χ2n) is 3.07. The Bertz CT molecular complexity index is 478. The third-order valence-corrected chi connectivity index (χ3v) is 2.27. The van der Waals surface area contributed by atoms with Crippen molar-refractivity contribution in [3.8, 4) is 0 Å². The summed E-state index contributed by atoms with van der Waals surface area (Å²) in [5.41, 5.74) is 6.32. The third-order valence-electron chi connectivity index (χ3n) is 1.83. The highest BCUT2D eigenvalue weighted by Gasteiger charge is 2.00. The van der Waals surface area contributed by atoms with E-state index >= 15 is 0 Å². The van der Waals surface area contributed by atoms with Gasteiger partial charge in [-0.3, -0.25) is 0 Å². The molecule has 0 spiro atoms. The first-order valence-corrected chi connectivity index (χ1v) is 5.22. The van der Waals surface area contributed by atoms with Crippen LogP contribution in [0.3, 0.4) is 0 Å². The van der Waals surface area contributed by atoms with Crippen molar-refractivity contribution in [3.05, 3.63) is 40.5 Å². The molecule has 4 nitrogen and oxygen atoms in total. The van der Waals surface area contributed by atoms with Crippen LogP contribution in [0.4, 0.5) is 17.5 Å². The van der Waals surface area contributed by atoms with Crippen molar-refractivity contribution < 1.29 is 0 Å². The summed E-state index contributed by atoms with van der Waals surface area (Å²) < 4.78 is 0. The predicted molar refractivity (Wildman–Crippen MR) is 66.2 cm³/mol. The molecule has 1 aromatic heterocycles. The van der Waals surface area contributed by atoms with Gasteiger partial charge in [-0.05, 0) is 24.3 Å². The largest absolute Gasteiger partial charge is 0.368 e. The van der Waals surface area contributed by atoms with Crippen LogP contribution in [0.15, 0.2) is 30.3 Å². The summed E-state index contributed by atoms with van der Waals surface area (Å²) in [5.74, 6) is 0.670. The monoisotopic (exact) mass is 254 g/mol. The van der Waals surface area contributed by atoms with E-state index in [1.807, 2.05) is 12.1 Å². The second kappa shape index (κ2) is 4.55. The summed E-state index contributed by atoms with van der Waals surface area (Å²) in [6.45, 7) is 0. The van der Waals surface area contributed by atoms with E-state index in [4.69, 9.17) is 28.9 Å². The van der Waals surface area contributed by atoms with Gasteiger partial charge in [0.15, 0.2) is 0 Å². The minimum Gasteiger partial charge on any atom is -0.368 e. The molecule has 0 aliphatic carbocycles. The van der Waals surface area contributed by atoms with Gasteiger partial charge >= 0.3 is 0 Å². The average Bonchev–Trinajstić information content (AvgIpc) is 2.20. The SMILES string of the molecule is Nc1nc(Cl)cc(Nc2ccc(Cl)cc2)n1. The maximum absolute atomic E-state index is 5.77. The van der Waals surface area contributed by atoms with Crippen LogP contribution in [0.1, 0.15) is 0 Å².